The normalized spacial score (nSPS) is 21.4. The van der Waals surface area contributed by atoms with Gasteiger partial charge in [-0.05, 0) is 55.0 Å². The molecule has 1 aromatic carbocycles. The number of alkyl halides is 3. The Balaban J connectivity index is 1.51. The van der Waals surface area contributed by atoms with Gasteiger partial charge in [0.15, 0.2) is 5.76 Å². The first-order valence-electron chi connectivity index (χ1n) is 11.1. The Kier molecular flexibility index (Phi) is 6.55. The zero-order valence-corrected chi connectivity index (χ0v) is 18.6. The predicted octanol–water partition coefficient (Wildman–Crippen LogP) is 3.52. The first-order valence-corrected chi connectivity index (χ1v) is 11.1. The minimum absolute atomic E-state index is 0.0641. The van der Waals surface area contributed by atoms with Gasteiger partial charge in [0.25, 0.3) is 5.91 Å². The second-order valence-corrected chi connectivity index (χ2v) is 8.74. The lowest BCUT2D eigenvalue weighted by molar-refractivity contribution is -0.137. The Morgan fingerprint density at radius 3 is 2.50 bits per heavy atom. The summed E-state index contributed by atoms with van der Waals surface area (Å²) >= 11 is 0. The molecule has 3 heterocycles. The van der Waals surface area contributed by atoms with Gasteiger partial charge in [0, 0.05) is 38.9 Å². The molecule has 2 aliphatic heterocycles. The molecule has 2 aliphatic rings. The molecule has 2 fully saturated rings. The maximum atomic E-state index is 13.5. The maximum absolute atomic E-state index is 13.5. The third-order valence-corrected chi connectivity index (χ3v) is 6.91. The van der Waals surface area contributed by atoms with E-state index < -0.39 is 17.3 Å². The first kappa shape index (κ1) is 23.7. The highest BCUT2D eigenvalue weighted by Crippen LogP contribution is 2.40. The summed E-state index contributed by atoms with van der Waals surface area (Å²) in [6, 6.07) is 8.56. The van der Waals surface area contributed by atoms with Crippen LogP contribution in [0.25, 0.3) is 0 Å². The van der Waals surface area contributed by atoms with Gasteiger partial charge >= 0.3 is 6.18 Å². The SMILES string of the molecule is CNC(=O)[C@@H]1CN(c2ccc(C#N)c(C(F)(F)F)c2)C[C@H]1C1CCN(C(=O)c2ccco2)CC1. The van der Waals surface area contributed by atoms with Crippen LogP contribution in [0.1, 0.15) is 34.5 Å². The molecular formula is C24H25F3N4O3. The third-order valence-electron chi connectivity index (χ3n) is 6.91. The maximum Gasteiger partial charge on any atom is 0.417 e. The Hall–Kier alpha value is -3.48. The Morgan fingerprint density at radius 2 is 1.91 bits per heavy atom. The second-order valence-electron chi connectivity index (χ2n) is 8.74. The number of rotatable bonds is 4. The molecule has 0 saturated carbocycles. The third kappa shape index (κ3) is 4.60. The topological polar surface area (TPSA) is 89.6 Å². The van der Waals surface area contributed by atoms with Crippen LogP contribution in [0.2, 0.25) is 0 Å². The van der Waals surface area contributed by atoms with Crippen LogP contribution in [0, 0.1) is 29.1 Å². The van der Waals surface area contributed by atoms with Crippen LogP contribution in [-0.2, 0) is 11.0 Å². The number of furan rings is 1. The van der Waals surface area contributed by atoms with Gasteiger partial charge in [-0.15, -0.1) is 0 Å². The zero-order chi connectivity index (χ0) is 24.5. The zero-order valence-electron chi connectivity index (χ0n) is 18.6. The molecule has 2 aromatic rings. The average molecular weight is 474 g/mol. The Bertz CT molecular complexity index is 1090. The number of halogens is 3. The molecule has 1 N–H and O–H groups in total. The molecule has 1 aromatic heterocycles. The highest BCUT2D eigenvalue weighted by atomic mass is 19.4. The van der Waals surface area contributed by atoms with Crippen molar-refractivity contribution in [2.75, 3.05) is 38.1 Å². The molecule has 0 aliphatic carbocycles. The van der Waals surface area contributed by atoms with Gasteiger partial charge in [-0.1, -0.05) is 0 Å². The van der Waals surface area contributed by atoms with E-state index in [-0.39, 0.29) is 35.3 Å². The summed E-state index contributed by atoms with van der Waals surface area (Å²) < 4.78 is 45.6. The van der Waals surface area contributed by atoms with Crippen molar-refractivity contribution < 1.29 is 27.2 Å². The van der Waals surface area contributed by atoms with Crippen molar-refractivity contribution in [3.05, 3.63) is 53.5 Å². The smallest absolute Gasteiger partial charge is 0.417 e. The summed E-state index contributed by atoms with van der Waals surface area (Å²) in [5, 5.41) is 11.7. The number of piperidine rings is 1. The van der Waals surface area contributed by atoms with E-state index in [1.54, 1.807) is 35.0 Å². The summed E-state index contributed by atoms with van der Waals surface area (Å²) in [6.45, 7) is 1.77. The number of nitrogens with zero attached hydrogens (tertiary/aromatic N) is 3. The number of hydrogen-bond donors (Lipinski definition) is 1. The Morgan fingerprint density at radius 1 is 1.18 bits per heavy atom. The number of amides is 2. The van der Waals surface area contributed by atoms with E-state index in [0.29, 0.717) is 44.7 Å². The van der Waals surface area contributed by atoms with Crippen LogP contribution in [0.5, 0.6) is 0 Å². The fourth-order valence-electron chi connectivity index (χ4n) is 5.13. The minimum atomic E-state index is -4.65. The predicted molar refractivity (Wildman–Crippen MR) is 117 cm³/mol. The largest absolute Gasteiger partial charge is 0.459 e. The summed E-state index contributed by atoms with van der Waals surface area (Å²) in [5.41, 5.74) is -1.06. The standard InChI is InChI=1S/C24H25F3N4O3/c1-29-22(32)19-14-31(17-5-4-16(12-28)20(11-17)24(25,26)27)13-18(19)15-6-8-30(9-7-15)23(33)21-3-2-10-34-21/h2-5,10-11,15,18-19H,6-9,13-14H2,1H3,(H,29,32)/t18-,19+/m0/s1. The molecule has 0 bridgehead atoms. The molecule has 2 saturated heterocycles. The van der Waals surface area contributed by atoms with Gasteiger partial charge in [0.05, 0.1) is 29.4 Å². The van der Waals surface area contributed by atoms with Crippen LogP contribution in [0.3, 0.4) is 0 Å². The molecule has 0 radical (unpaired) electrons. The molecule has 34 heavy (non-hydrogen) atoms. The summed E-state index contributed by atoms with van der Waals surface area (Å²) in [7, 11) is 1.55. The highest BCUT2D eigenvalue weighted by molar-refractivity contribution is 5.91. The highest BCUT2D eigenvalue weighted by Gasteiger charge is 2.43. The number of nitriles is 1. The van der Waals surface area contributed by atoms with Gasteiger partial charge < -0.3 is 19.5 Å². The van der Waals surface area contributed by atoms with Crippen LogP contribution in [0.15, 0.2) is 41.0 Å². The molecule has 10 heteroatoms. The lowest BCUT2D eigenvalue weighted by Gasteiger charge is -2.36. The second kappa shape index (κ2) is 9.41. The lowest BCUT2D eigenvalue weighted by Crippen LogP contribution is -2.43. The fraction of sp³-hybridized carbons (Fsp3) is 0.458. The Labute approximate surface area is 195 Å². The molecule has 4 rings (SSSR count). The molecule has 0 spiro atoms. The molecule has 7 nitrogen and oxygen atoms in total. The molecule has 2 atom stereocenters. The van der Waals surface area contributed by atoms with Crippen molar-refractivity contribution in [3.8, 4) is 6.07 Å². The lowest BCUT2D eigenvalue weighted by atomic mass is 9.78. The monoisotopic (exact) mass is 474 g/mol. The van der Waals surface area contributed by atoms with Crippen molar-refractivity contribution in [1.29, 1.82) is 5.26 Å². The van der Waals surface area contributed by atoms with E-state index in [1.165, 1.54) is 18.4 Å². The molecular weight excluding hydrogens is 449 g/mol. The quantitative estimate of drug-likeness (QED) is 0.733. The number of anilines is 1. The van der Waals surface area contributed by atoms with Gasteiger partial charge in [0.1, 0.15) is 0 Å². The van der Waals surface area contributed by atoms with Crippen molar-refractivity contribution in [2.45, 2.75) is 19.0 Å². The van der Waals surface area contributed by atoms with Crippen LogP contribution in [0.4, 0.5) is 18.9 Å². The number of nitrogens with one attached hydrogen (secondary N) is 1. The fourth-order valence-corrected chi connectivity index (χ4v) is 5.13. The van der Waals surface area contributed by atoms with Crippen LogP contribution >= 0.6 is 0 Å². The van der Waals surface area contributed by atoms with Gasteiger partial charge in [-0.25, -0.2) is 0 Å². The van der Waals surface area contributed by atoms with Crippen LogP contribution in [-0.4, -0.2) is 49.9 Å². The summed E-state index contributed by atoms with van der Waals surface area (Å²) in [5.74, 6) is -0.329. The van der Waals surface area contributed by atoms with E-state index in [0.717, 1.165) is 6.07 Å². The van der Waals surface area contributed by atoms with E-state index >= 15 is 0 Å². The van der Waals surface area contributed by atoms with Crippen molar-refractivity contribution in [1.82, 2.24) is 10.2 Å². The molecule has 2 amide bonds. The van der Waals surface area contributed by atoms with Gasteiger partial charge in [0.2, 0.25) is 5.91 Å². The van der Waals surface area contributed by atoms with Gasteiger partial charge in [-0.2, -0.15) is 18.4 Å². The van der Waals surface area contributed by atoms with Crippen molar-refractivity contribution in [2.24, 2.45) is 17.8 Å². The van der Waals surface area contributed by atoms with E-state index in [2.05, 4.69) is 5.32 Å². The van der Waals surface area contributed by atoms with Crippen LogP contribution < -0.4 is 10.2 Å². The number of hydrogen-bond acceptors (Lipinski definition) is 5. The molecule has 0 unspecified atom stereocenters. The van der Waals surface area contributed by atoms with E-state index in [1.807, 2.05) is 0 Å². The van der Waals surface area contributed by atoms with Crippen molar-refractivity contribution >= 4 is 17.5 Å². The molecule has 180 valence electrons. The minimum Gasteiger partial charge on any atom is -0.459 e. The number of likely N-dealkylation sites (tertiary alicyclic amines) is 1. The number of carbonyl (C=O) groups is 2. The van der Waals surface area contributed by atoms with E-state index in [4.69, 9.17) is 9.68 Å². The van der Waals surface area contributed by atoms with Gasteiger partial charge in [-0.3, -0.25) is 9.59 Å². The average Bonchev–Trinajstić information content (AvgIpc) is 3.53. The number of benzene rings is 1. The van der Waals surface area contributed by atoms with Crippen molar-refractivity contribution in [3.63, 3.8) is 0 Å². The van der Waals surface area contributed by atoms with E-state index in [9.17, 15) is 22.8 Å². The summed E-state index contributed by atoms with van der Waals surface area (Å²) in [6.07, 6.45) is -1.80. The number of carbonyl (C=O) groups excluding carboxylic acids is 2. The first-order chi connectivity index (χ1) is 16.2. The summed E-state index contributed by atoms with van der Waals surface area (Å²) in [4.78, 5) is 28.7.